The molecule has 1 aliphatic heterocycles. The van der Waals surface area contributed by atoms with Crippen molar-refractivity contribution in [3.63, 3.8) is 0 Å². The minimum absolute atomic E-state index is 0.0729. The molecule has 1 heterocycles. The van der Waals surface area contributed by atoms with Gasteiger partial charge in [-0.15, -0.1) is 0 Å². The summed E-state index contributed by atoms with van der Waals surface area (Å²) in [5.41, 5.74) is 8.29. The molecule has 0 spiro atoms. The first-order valence-electron chi connectivity index (χ1n) is 11.5. The summed E-state index contributed by atoms with van der Waals surface area (Å²) in [6.45, 7) is 4.19. The minimum atomic E-state index is -0.362. The number of rotatable bonds is 4. The molecule has 0 saturated heterocycles. The van der Waals surface area contributed by atoms with Crippen LogP contribution in [0.5, 0.6) is 0 Å². The quantitative estimate of drug-likeness (QED) is 0.326. The normalized spacial score (nSPS) is 21.1. The van der Waals surface area contributed by atoms with E-state index in [9.17, 15) is 10.1 Å². The summed E-state index contributed by atoms with van der Waals surface area (Å²) >= 11 is 0. The fraction of sp³-hybridized carbons (Fsp3) is 0.250. The maximum absolute atomic E-state index is 11.2. The second-order valence-corrected chi connectivity index (χ2v) is 9.04. The second kappa shape index (κ2) is 8.66. The summed E-state index contributed by atoms with van der Waals surface area (Å²) in [7, 11) is 0. The summed E-state index contributed by atoms with van der Waals surface area (Å²) in [5.74, 6) is 0.286. The van der Waals surface area contributed by atoms with Crippen LogP contribution in [0.15, 0.2) is 83.5 Å². The molecule has 5 heteroatoms. The number of hydrogen-bond donors (Lipinski definition) is 0. The predicted molar refractivity (Wildman–Crippen MR) is 133 cm³/mol. The summed E-state index contributed by atoms with van der Waals surface area (Å²) in [4.78, 5) is 10.8. The largest absolute Gasteiger partial charge is 0.269 e. The predicted octanol–water partition coefficient (Wildman–Crippen LogP) is 7.01. The van der Waals surface area contributed by atoms with Crippen molar-refractivity contribution in [2.24, 2.45) is 11.0 Å². The Bertz CT molecular complexity index is 1230. The summed E-state index contributed by atoms with van der Waals surface area (Å²) < 4.78 is 0. The van der Waals surface area contributed by atoms with E-state index in [1.165, 1.54) is 27.8 Å². The lowest BCUT2D eigenvalue weighted by molar-refractivity contribution is -0.384. The zero-order valence-electron chi connectivity index (χ0n) is 18.9. The zero-order chi connectivity index (χ0) is 22.9. The van der Waals surface area contributed by atoms with Crippen molar-refractivity contribution < 1.29 is 4.92 Å². The number of benzene rings is 3. The average Bonchev–Trinajstić information content (AvgIpc) is 3.22. The number of hydrogen-bond acceptors (Lipinski definition) is 4. The molecule has 2 unspecified atom stereocenters. The Morgan fingerprint density at radius 3 is 2.21 bits per heavy atom. The van der Waals surface area contributed by atoms with Crippen molar-refractivity contribution in [3.05, 3.63) is 111 Å². The number of fused-ring (bicyclic) bond motifs is 1. The molecule has 5 rings (SSSR count). The van der Waals surface area contributed by atoms with E-state index in [1.54, 1.807) is 12.1 Å². The van der Waals surface area contributed by atoms with Crippen molar-refractivity contribution in [1.82, 2.24) is 0 Å². The Morgan fingerprint density at radius 1 is 0.939 bits per heavy atom. The van der Waals surface area contributed by atoms with Crippen LogP contribution in [0.3, 0.4) is 0 Å². The van der Waals surface area contributed by atoms with Gasteiger partial charge in [0.05, 0.1) is 22.4 Å². The lowest BCUT2D eigenvalue weighted by Gasteiger charge is -2.30. The highest BCUT2D eigenvalue weighted by Crippen LogP contribution is 2.46. The van der Waals surface area contributed by atoms with E-state index in [1.807, 2.05) is 12.1 Å². The van der Waals surface area contributed by atoms with E-state index in [4.69, 9.17) is 5.10 Å². The Kier molecular flexibility index (Phi) is 5.55. The van der Waals surface area contributed by atoms with Crippen molar-refractivity contribution >= 4 is 23.2 Å². The molecular weight excluding hydrogens is 410 g/mol. The SMILES string of the molecule is Cc1ccc(C=C2CCCC3C2=NN(c2ccc([N+](=O)[O-])cc2)C3c2ccc(C)cc2)cc1. The Morgan fingerprint density at radius 2 is 1.58 bits per heavy atom. The number of hydrazone groups is 1. The van der Waals surface area contributed by atoms with Gasteiger partial charge in [0, 0.05) is 18.1 Å². The Labute approximate surface area is 194 Å². The Hall–Kier alpha value is -3.73. The van der Waals surface area contributed by atoms with Gasteiger partial charge in [0.25, 0.3) is 5.69 Å². The third-order valence-electron chi connectivity index (χ3n) is 6.66. The van der Waals surface area contributed by atoms with Gasteiger partial charge < -0.3 is 0 Å². The number of non-ortho nitro benzene ring substituents is 1. The fourth-order valence-electron chi connectivity index (χ4n) is 4.90. The van der Waals surface area contributed by atoms with E-state index < -0.39 is 0 Å². The molecule has 3 aromatic rings. The van der Waals surface area contributed by atoms with Crippen LogP contribution in [-0.2, 0) is 0 Å². The lowest BCUT2D eigenvalue weighted by Crippen LogP contribution is -2.28. The second-order valence-electron chi connectivity index (χ2n) is 9.04. The highest BCUT2D eigenvalue weighted by atomic mass is 16.6. The smallest absolute Gasteiger partial charge is 0.258 e. The first-order valence-corrected chi connectivity index (χ1v) is 11.5. The number of allylic oxidation sites excluding steroid dienone is 1. The molecule has 0 amide bonds. The molecule has 33 heavy (non-hydrogen) atoms. The average molecular weight is 438 g/mol. The molecule has 0 aromatic heterocycles. The summed E-state index contributed by atoms with van der Waals surface area (Å²) in [6, 6.07) is 24.1. The van der Waals surface area contributed by atoms with Crippen molar-refractivity contribution in [1.29, 1.82) is 0 Å². The van der Waals surface area contributed by atoms with E-state index in [0.29, 0.717) is 0 Å². The maximum Gasteiger partial charge on any atom is 0.269 e. The van der Waals surface area contributed by atoms with Gasteiger partial charge in [-0.3, -0.25) is 15.1 Å². The van der Waals surface area contributed by atoms with Crippen LogP contribution >= 0.6 is 0 Å². The standard InChI is InChI=1S/C28H27N3O2/c1-19-6-10-21(11-7-19)18-23-4-3-5-26-27(23)29-30(24-14-16-25(17-15-24)31(32)33)28(26)22-12-8-20(2)9-13-22/h6-18,26,28H,3-5H2,1-2H3. The number of nitro groups is 1. The third kappa shape index (κ3) is 4.19. The molecule has 5 nitrogen and oxygen atoms in total. The highest BCUT2D eigenvalue weighted by molar-refractivity contribution is 6.08. The van der Waals surface area contributed by atoms with Crippen LogP contribution in [0, 0.1) is 29.9 Å². The molecule has 1 aliphatic carbocycles. The first-order chi connectivity index (χ1) is 16.0. The topological polar surface area (TPSA) is 58.7 Å². The van der Waals surface area contributed by atoms with E-state index in [-0.39, 0.29) is 22.6 Å². The minimum Gasteiger partial charge on any atom is -0.258 e. The van der Waals surface area contributed by atoms with Gasteiger partial charge in [0.1, 0.15) is 0 Å². The van der Waals surface area contributed by atoms with E-state index in [2.05, 4.69) is 73.5 Å². The maximum atomic E-state index is 11.2. The van der Waals surface area contributed by atoms with Crippen LogP contribution in [0.1, 0.15) is 47.6 Å². The molecule has 2 aliphatic rings. The van der Waals surface area contributed by atoms with Gasteiger partial charge in [0.2, 0.25) is 0 Å². The van der Waals surface area contributed by atoms with Crippen LogP contribution in [0.2, 0.25) is 0 Å². The van der Waals surface area contributed by atoms with Gasteiger partial charge >= 0.3 is 0 Å². The van der Waals surface area contributed by atoms with Gasteiger partial charge in [-0.2, -0.15) is 5.10 Å². The van der Waals surface area contributed by atoms with Crippen LogP contribution < -0.4 is 5.01 Å². The summed E-state index contributed by atoms with van der Waals surface area (Å²) in [5, 5.41) is 18.4. The zero-order valence-corrected chi connectivity index (χ0v) is 18.9. The molecule has 3 aromatic carbocycles. The van der Waals surface area contributed by atoms with Gasteiger partial charge in [0.15, 0.2) is 0 Å². The highest BCUT2D eigenvalue weighted by Gasteiger charge is 2.41. The van der Waals surface area contributed by atoms with Crippen molar-refractivity contribution in [3.8, 4) is 0 Å². The molecule has 1 fully saturated rings. The van der Waals surface area contributed by atoms with Gasteiger partial charge in [-0.25, -0.2) is 0 Å². The van der Waals surface area contributed by atoms with Crippen molar-refractivity contribution in [2.45, 2.75) is 39.2 Å². The summed E-state index contributed by atoms with van der Waals surface area (Å²) in [6.07, 6.45) is 5.48. The number of anilines is 1. The van der Waals surface area contributed by atoms with E-state index in [0.717, 1.165) is 30.7 Å². The fourth-order valence-corrected chi connectivity index (χ4v) is 4.90. The lowest BCUT2D eigenvalue weighted by atomic mass is 9.77. The first kappa shape index (κ1) is 21.1. The molecule has 2 atom stereocenters. The van der Waals surface area contributed by atoms with E-state index >= 15 is 0 Å². The number of nitro benzene ring substituents is 1. The molecular formula is C28H27N3O2. The number of nitrogens with zero attached hydrogens (tertiary/aromatic N) is 3. The molecule has 0 bridgehead atoms. The van der Waals surface area contributed by atoms with Crippen LogP contribution in [-0.4, -0.2) is 10.6 Å². The van der Waals surface area contributed by atoms with Crippen LogP contribution in [0.25, 0.3) is 6.08 Å². The molecule has 0 radical (unpaired) electrons. The molecule has 166 valence electrons. The third-order valence-corrected chi connectivity index (χ3v) is 6.66. The van der Waals surface area contributed by atoms with Gasteiger partial charge in [-0.05, 0) is 68.0 Å². The Balaban J connectivity index is 1.58. The monoisotopic (exact) mass is 437 g/mol. The van der Waals surface area contributed by atoms with Gasteiger partial charge in [-0.1, -0.05) is 59.7 Å². The molecule has 1 saturated carbocycles. The molecule has 0 N–H and O–H groups in total. The van der Waals surface area contributed by atoms with Crippen LogP contribution in [0.4, 0.5) is 11.4 Å². The number of aryl methyl sites for hydroxylation is 2. The van der Waals surface area contributed by atoms with Crippen molar-refractivity contribution in [2.75, 3.05) is 5.01 Å².